The van der Waals surface area contributed by atoms with E-state index in [9.17, 15) is 4.79 Å². The molecule has 150 valence electrons. The van der Waals surface area contributed by atoms with Crippen LogP contribution in [-0.2, 0) is 0 Å². The molecule has 5 nitrogen and oxygen atoms in total. The summed E-state index contributed by atoms with van der Waals surface area (Å²) < 4.78 is 8.14. The highest BCUT2D eigenvalue weighted by atomic mass is 127. The Morgan fingerprint density at radius 2 is 2.00 bits per heavy atom. The van der Waals surface area contributed by atoms with Gasteiger partial charge in [-0.15, -0.1) is 0 Å². The molecule has 1 saturated carbocycles. The number of fused-ring (bicyclic) bond motifs is 1. The molecule has 4 rings (SSSR count). The van der Waals surface area contributed by atoms with E-state index in [4.69, 9.17) is 9.72 Å². The highest BCUT2D eigenvalue weighted by Crippen LogP contribution is 2.31. The second-order valence-corrected chi connectivity index (χ2v) is 8.47. The van der Waals surface area contributed by atoms with E-state index in [1.165, 1.54) is 23.9 Å². The van der Waals surface area contributed by atoms with Gasteiger partial charge in [-0.3, -0.25) is 4.79 Å². The van der Waals surface area contributed by atoms with Crippen molar-refractivity contribution in [3.05, 3.63) is 67.8 Å². The SMILES string of the molecule is CCOc1ccc(C=Nn2c(C3CCCCC3)nc3ccccc3c2=O)cc1I. The fraction of sp³-hybridized carbons (Fsp3) is 0.348. The number of hydrogen-bond donors (Lipinski definition) is 0. The third-order valence-electron chi connectivity index (χ3n) is 5.33. The maximum Gasteiger partial charge on any atom is 0.282 e. The summed E-state index contributed by atoms with van der Waals surface area (Å²) >= 11 is 2.26. The van der Waals surface area contributed by atoms with Gasteiger partial charge >= 0.3 is 0 Å². The molecule has 2 aromatic carbocycles. The molecule has 1 aromatic heterocycles. The van der Waals surface area contributed by atoms with Crippen molar-refractivity contribution in [2.24, 2.45) is 5.10 Å². The Hall–Kier alpha value is -2.22. The van der Waals surface area contributed by atoms with Gasteiger partial charge in [-0.05, 0) is 78.3 Å². The quantitative estimate of drug-likeness (QED) is 0.351. The third kappa shape index (κ3) is 4.37. The number of para-hydroxylation sites is 1. The van der Waals surface area contributed by atoms with Crippen LogP contribution in [0.4, 0.5) is 0 Å². The van der Waals surface area contributed by atoms with E-state index in [0.29, 0.717) is 12.0 Å². The van der Waals surface area contributed by atoms with E-state index in [0.717, 1.165) is 39.1 Å². The second-order valence-electron chi connectivity index (χ2n) is 7.31. The zero-order valence-corrected chi connectivity index (χ0v) is 18.6. The van der Waals surface area contributed by atoms with Crippen molar-refractivity contribution < 1.29 is 4.74 Å². The molecule has 0 radical (unpaired) electrons. The molecule has 0 amide bonds. The molecule has 0 saturated heterocycles. The molecule has 0 unspecified atom stereocenters. The summed E-state index contributed by atoms with van der Waals surface area (Å²) in [6.45, 7) is 2.60. The maximum atomic E-state index is 13.2. The van der Waals surface area contributed by atoms with E-state index < -0.39 is 0 Å². The predicted octanol–water partition coefficient (Wildman–Crippen LogP) is 5.33. The van der Waals surface area contributed by atoms with Crippen molar-refractivity contribution in [3.63, 3.8) is 0 Å². The Kier molecular flexibility index (Phi) is 6.28. The number of benzene rings is 2. The lowest BCUT2D eigenvalue weighted by Gasteiger charge is -2.22. The van der Waals surface area contributed by atoms with Crippen LogP contribution in [0.15, 0.2) is 52.4 Å². The zero-order valence-electron chi connectivity index (χ0n) is 16.5. The maximum absolute atomic E-state index is 13.2. The van der Waals surface area contributed by atoms with Crippen molar-refractivity contribution in [2.45, 2.75) is 44.9 Å². The van der Waals surface area contributed by atoms with Crippen molar-refractivity contribution in [1.29, 1.82) is 0 Å². The topological polar surface area (TPSA) is 56.5 Å². The molecular weight excluding hydrogens is 477 g/mol. The van der Waals surface area contributed by atoms with Crippen molar-refractivity contribution >= 4 is 39.7 Å². The molecule has 3 aromatic rings. The summed E-state index contributed by atoms with van der Waals surface area (Å²) in [7, 11) is 0. The number of halogens is 1. The van der Waals surface area contributed by atoms with Crippen LogP contribution < -0.4 is 10.3 Å². The average Bonchev–Trinajstić information content (AvgIpc) is 2.75. The molecule has 1 heterocycles. The van der Waals surface area contributed by atoms with Crippen LogP contribution in [0.25, 0.3) is 10.9 Å². The van der Waals surface area contributed by atoms with Gasteiger partial charge in [0.2, 0.25) is 0 Å². The van der Waals surface area contributed by atoms with Crippen LogP contribution in [0.1, 0.15) is 56.3 Å². The van der Waals surface area contributed by atoms with E-state index in [1.54, 1.807) is 6.21 Å². The van der Waals surface area contributed by atoms with Gasteiger partial charge in [0, 0.05) is 5.92 Å². The summed E-state index contributed by atoms with van der Waals surface area (Å²) in [6, 6.07) is 13.4. The van der Waals surface area contributed by atoms with E-state index in [2.05, 4.69) is 27.7 Å². The average molecular weight is 501 g/mol. The molecule has 6 heteroatoms. The van der Waals surface area contributed by atoms with Crippen LogP contribution >= 0.6 is 22.6 Å². The fourth-order valence-corrected chi connectivity index (χ4v) is 4.57. The normalized spacial score (nSPS) is 15.2. The van der Waals surface area contributed by atoms with Gasteiger partial charge in [0.1, 0.15) is 11.6 Å². The molecule has 0 bridgehead atoms. The summed E-state index contributed by atoms with van der Waals surface area (Å²) in [5.74, 6) is 1.92. The first kappa shape index (κ1) is 20.1. The van der Waals surface area contributed by atoms with Gasteiger partial charge in [-0.1, -0.05) is 31.4 Å². The molecule has 1 aliphatic carbocycles. The van der Waals surface area contributed by atoms with Gasteiger partial charge in [0.25, 0.3) is 5.56 Å². The Labute approximate surface area is 184 Å². The molecule has 0 N–H and O–H groups in total. The second kappa shape index (κ2) is 9.07. The standard InChI is InChI=1S/C23H24IN3O2/c1-2-29-21-13-12-16(14-19(21)24)15-25-27-22(17-8-4-3-5-9-17)26-20-11-7-6-10-18(20)23(27)28/h6-7,10-15,17H,2-5,8-9H2,1H3. The molecule has 1 fully saturated rings. The van der Waals surface area contributed by atoms with Crippen LogP contribution in [-0.4, -0.2) is 22.5 Å². The van der Waals surface area contributed by atoms with Crippen LogP contribution in [0.2, 0.25) is 0 Å². The Balaban J connectivity index is 1.77. The molecule has 0 aliphatic heterocycles. The van der Waals surface area contributed by atoms with E-state index in [1.807, 2.05) is 49.4 Å². The van der Waals surface area contributed by atoms with E-state index in [-0.39, 0.29) is 11.5 Å². The number of ether oxygens (including phenoxy) is 1. The van der Waals surface area contributed by atoms with Gasteiger partial charge in [-0.25, -0.2) is 4.98 Å². The predicted molar refractivity (Wildman–Crippen MR) is 125 cm³/mol. The highest BCUT2D eigenvalue weighted by Gasteiger charge is 2.22. The minimum absolute atomic E-state index is 0.104. The smallest absolute Gasteiger partial charge is 0.282 e. The first-order valence-corrected chi connectivity index (χ1v) is 11.2. The minimum Gasteiger partial charge on any atom is -0.493 e. The molecule has 0 spiro atoms. The van der Waals surface area contributed by atoms with Gasteiger partial charge < -0.3 is 4.74 Å². The first-order valence-electron chi connectivity index (χ1n) is 10.2. The van der Waals surface area contributed by atoms with Gasteiger partial charge in [0.15, 0.2) is 0 Å². The Morgan fingerprint density at radius 3 is 2.76 bits per heavy atom. The highest BCUT2D eigenvalue weighted by molar-refractivity contribution is 14.1. The van der Waals surface area contributed by atoms with E-state index >= 15 is 0 Å². The van der Waals surface area contributed by atoms with Crippen molar-refractivity contribution in [1.82, 2.24) is 9.66 Å². The minimum atomic E-state index is -0.104. The molecule has 1 aliphatic rings. The van der Waals surface area contributed by atoms with Crippen LogP contribution in [0.5, 0.6) is 5.75 Å². The molecular formula is C23H24IN3O2. The molecule has 29 heavy (non-hydrogen) atoms. The number of nitrogens with zero attached hydrogens (tertiary/aromatic N) is 3. The van der Waals surface area contributed by atoms with Gasteiger partial charge in [-0.2, -0.15) is 9.78 Å². The Morgan fingerprint density at radius 1 is 1.21 bits per heavy atom. The summed E-state index contributed by atoms with van der Waals surface area (Å²) in [5.41, 5.74) is 1.57. The van der Waals surface area contributed by atoms with Crippen LogP contribution in [0.3, 0.4) is 0 Å². The lowest BCUT2D eigenvalue weighted by molar-refractivity contribution is 0.338. The number of aromatic nitrogens is 2. The lowest BCUT2D eigenvalue weighted by Crippen LogP contribution is -2.25. The largest absolute Gasteiger partial charge is 0.493 e. The summed E-state index contributed by atoms with van der Waals surface area (Å²) in [6.07, 6.45) is 7.45. The zero-order chi connectivity index (χ0) is 20.2. The Bertz CT molecular complexity index is 1100. The third-order valence-corrected chi connectivity index (χ3v) is 6.17. The van der Waals surface area contributed by atoms with Gasteiger partial charge in [0.05, 0.1) is 27.3 Å². The number of hydrogen-bond acceptors (Lipinski definition) is 4. The van der Waals surface area contributed by atoms with Crippen LogP contribution in [0, 0.1) is 3.57 Å². The number of rotatable bonds is 5. The van der Waals surface area contributed by atoms with Crippen molar-refractivity contribution in [2.75, 3.05) is 6.61 Å². The summed E-state index contributed by atoms with van der Waals surface area (Å²) in [4.78, 5) is 18.1. The van der Waals surface area contributed by atoms with Crippen molar-refractivity contribution in [3.8, 4) is 5.75 Å². The fourth-order valence-electron chi connectivity index (χ4n) is 3.87. The summed E-state index contributed by atoms with van der Waals surface area (Å²) in [5, 5.41) is 5.19. The lowest BCUT2D eigenvalue weighted by atomic mass is 9.88. The monoisotopic (exact) mass is 501 g/mol. The first-order chi connectivity index (χ1) is 14.2. The molecule has 0 atom stereocenters.